The number of aromatic hydroxyl groups is 1. The van der Waals surface area contributed by atoms with Crippen LogP contribution in [0.15, 0.2) is 168 Å². The number of para-hydroxylation sites is 1. The number of ketones is 2. The summed E-state index contributed by atoms with van der Waals surface area (Å²) in [6.07, 6.45) is 0. The van der Waals surface area contributed by atoms with Crippen molar-refractivity contribution in [2.75, 3.05) is 16.0 Å². The van der Waals surface area contributed by atoms with Crippen molar-refractivity contribution in [3.05, 3.63) is 166 Å². The van der Waals surface area contributed by atoms with Crippen molar-refractivity contribution < 1.29 is 102 Å². The van der Waals surface area contributed by atoms with Crippen LogP contribution in [0.5, 0.6) is 17.5 Å². The van der Waals surface area contributed by atoms with Gasteiger partial charge in [0.2, 0.25) is 11.9 Å². The second-order valence-electron chi connectivity index (χ2n) is 17.4. The zero-order chi connectivity index (χ0) is 61.2. The Labute approximate surface area is 494 Å². The molecule has 11 N–H and O–H groups in total. The molecule has 86 heavy (non-hydrogen) atoms. The Kier molecular flexibility index (Phi) is 17.5. The molecular weight excluding hydrogens is 1260 g/mol. The molecule has 0 radical (unpaired) electrons. The molecule has 2 aromatic heterocycles. The van der Waals surface area contributed by atoms with Crippen LogP contribution in [0.1, 0.15) is 31.8 Å². The Morgan fingerprint density at radius 2 is 1.16 bits per heavy atom. The maximum atomic E-state index is 15.3. The third-order valence-electron chi connectivity index (χ3n) is 12.3. The number of carbonyl (C=O) groups is 2. The molecule has 0 unspecified atom stereocenters. The summed E-state index contributed by atoms with van der Waals surface area (Å²) >= 11 is 1.05. The molecule has 0 spiro atoms. The molecule has 0 fully saturated rings. The van der Waals surface area contributed by atoms with Gasteiger partial charge in [0.25, 0.3) is 35.9 Å². The SMILES string of the molecule is O=C(c1cccc(SOOO)c1)c1c2c3c(c(Nc4cc(Nc5nc(O)nc(Nc6ccccc6S(=O)(=O)O)n5)c(S(=O)(=O)O)cc4SOOO)cc(Oc4ccc(-c5ccc(S(=O)(=O)O)cc5)cc4SOOO)c3[nH]c1=O)C(=O)c1ccccc1-2. The summed E-state index contributed by atoms with van der Waals surface area (Å²) < 4.78 is 125. The summed E-state index contributed by atoms with van der Waals surface area (Å²) in [6, 6.07) is 27.7. The Hall–Kier alpha value is -8.48. The van der Waals surface area contributed by atoms with Gasteiger partial charge >= 0.3 is 6.01 Å². The van der Waals surface area contributed by atoms with E-state index in [1.165, 1.54) is 103 Å². The molecule has 10 rings (SSSR count). The highest BCUT2D eigenvalue weighted by Crippen LogP contribution is 2.50. The third kappa shape index (κ3) is 12.9. The molecule has 0 bridgehead atoms. The van der Waals surface area contributed by atoms with Crippen LogP contribution in [-0.2, 0) is 58.5 Å². The zero-order valence-electron chi connectivity index (χ0n) is 42.2. The Morgan fingerprint density at radius 3 is 1.84 bits per heavy atom. The van der Waals surface area contributed by atoms with E-state index in [-0.39, 0.29) is 94.0 Å². The third-order valence-corrected chi connectivity index (χ3v) is 16.8. The lowest BCUT2D eigenvalue weighted by atomic mass is 9.80. The van der Waals surface area contributed by atoms with E-state index in [9.17, 15) is 64.1 Å². The van der Waals surface area contributed by atoms with E-state index < -0.39 is 91.3 Å². The lowest BCUT2D eigenvalue weighted by Crippen LogP contribution is -2.24. The molecule has 0 amide bonds. The normalized spacial score (nSPS) is 12.2. The van der Waals surface area contributed by atoms with Gasteiger partial charge in [0, 0.05) is 33.0 Å². The molecule has 442 valence electrons. The van der Waals surface area contributed by atoms with E-state index in [0.29, 0.717) is 35.2 Å². The van der Waals surface area contributed by atoms with Crippen LogP contribution in [-0.4, -0.2) is 91.3 Å². The van der Waals surface area contributed by atoms with Crippen LogP contribution < -0.4 is 26.2 Å². The van der Waals surface area contributed by atoms with Crippen LogP contribution >= 0.6 is 36.1 Å². The number of benzene rings is 7. The Bertz CT molecular complexity index is 4640. The first-order valence-electron chi connectivity index (χ1n) is 23.4. The molecule has 1 aliphatic rings. The maximum absolute atomic E-state index is 15.3. The molecule has 0 saturated carbocycles. The number of ether oxygens (including phenoxy) is 1. The van der Waals surface area contributed by atoms with Crippen LogP contribution in [0.4, 0.5) is 34.6 Å². The molecular formula is C50H33N7O23S6. The fraction of sp³-hybridized carbons (Fsp3) is 0. The molecule has 9 aromatic rings. The summed E-state index contributed by atoms with van der Waals surface area (Å²) in [5.41, 5.74) is -2.92. The van der Waals surface area contributed by atoms with E-state index >= 15 is 4.79 Å². The molecule has 2 heterocycles. The average molecular weight is 1290 g/mol. The zero-order valence-corrected chi connectivity index (χ0v) is 47.1. The van der Waals surface area contributed by atoms with Gasteiger partial charge in [-0.15, -0.1) is 13.0 Å². The molecule has 30 nitrogen and oxygen atoms in total. The van der Waals surface area contributed by atoms with Gasteiger partial charge in [-0.05, 0) is 77.4 Å². The standard InChI is InChI=1S/C50H33N7O23S6/c58-45(25-6-5-7-26(18-25)81-78-75-62)43-40-28-8-1-2-9-29(28)46(59)41-33(21-35(44(42(40)41)54-47(43)60)74-34-17-14-24(19-37(34)83-80-77-64)23-12-15-27(16-13-23)84(65,66)67)51-31-20-32(39(86(71,72)73)22-36(31)82-79-76-63)53-49-55-48(56-50(61)57-49)52-30-10-3-4-11-38(30)85(68,69)70/h1-22,51,62-64H,(H,54,60)(H,65,66,67)(H,68,69,70)(H,71,72,73)(H3,52,53,55,56,57,61). The van der Waals surface area contributed by atoms with Crippen molar-refractivity contribution in [1.29, 1.82) is 0 Å². The smallest absolute Gasteiger partial charge is 0.320 e. The summed E-state index contributed by atoms with van der Waals surface area (Å²) in [6.45, 7) is 0. The van der Waals surface area contributed by atoms with Gasteiger partial charge in [0.05, 0.1) is 90.2 Å². The van der Waals surface area contributed by atoms with Gasteiger partial charge in [-0.25, -0.2) is 15.8 Å². The molecule has 0 saturated heterocycles. The van der Waals surface area contributed by atoms with E-state index in [4.69, 9.17) is 18.7 Å². The lowest BCUT2D eigenvalue weighted by Gasteiger charge is -2.26. The van der Waals surface area contributed by atoms with E-state index in [1.54, 1.807) is 0 Å². The number of nitrogens with one attached hydrogen (secondary N) is 4. The van der Waals surface area contributed by atoms with Crippen LogP contribution in [0.25, 0.3) is 33.2 Å². The van der Waals surface area contributed by atoms with Crippen LogP contribution in [0.3, 0.4) is 0 Å². The second-order valence-corrected chi connectivity index (χ2v) is 23.8. The molecule has 7 aromatic carbocycles. The quantitative estimate of drug-likeness (QED) is 0.00932. The van der Waals surface area contributed by atoms with Crippen LogP contribution in [0, 0.1) is 0 Å². The molecule has 0 atom stereocenters. The van der Waals surface area contributed by atoms with Crippen LogP contribution in [0.2, 0.25) is 0 Å². The van der Waals surface area contributed by atoms with Gasteiger partial charge in [-0.2, -0.15) is 40.2 Å². The number of rotatable bonds is 23. The first-order valence-corrected chi connectivity index (χ1v) is 30.0. The number of hydrogen-bond acceptors (Lipinski definition) is 29. The number of aromatic nitrogens is 4. The summed E-state index contributed by atoms with van der Waals surface area (Å²) in [7, 11) is -14.8. The average Bonchev–Trinajstić information content (AvgIpc) is 0.723. The van der Waals surface area contributed by atoms with E-state index in [0.717, 1.165) is 30.3 Å². The minimum Gasteiger partial charge on any atom is -0.479 e. The predicted octanol–water partition coefficient (Wildman–Crippen LogP) is 9.58. The van der Waals surface area contributed by atoms with E-state index in [2.05, 4.69) is 55.3 Å². The maximum Gasteiger partial charge on any atom is 0.320 e. The van der Waals surface area contributed by atoms with Gasteiger partial charge in [0.15, 0.2) is 17.3 Å². The minimum absolute atomic E-state index is 0.0140. The van der Waals surface area contributed by atoms with Gasteiger partial charge in [-0.1, -0.05) is 81.8 Å². The first kappa shape index (κ1) is 60.6. The highest BCUT2D eigenvalue weighted by atomic mass is 32.2. The van der Waals surface area contributed by atoms with Gasteiger partial charge in [0.1, 0.15) is 15.5 Å². The van der Waals surface area contributed by atoms with Crippen molar-refractivity contribution in [2.24, 2.45) is 0 Å². The molecule has 1 aliphatic carbocycles. The van der Waals surface area contributed by atoms with Crippen molar-refractivity contribution in [3.8, 4) is 39.8 Å². The van der Waals surface area contributed by atoms with E-state index in [1.807, 2.05) is 0 Å². The van der Waals surface area contributed by atoms with Crippen molar-refractivity contribution >= 4 is 124 Å². The van der Waals surface area contributed by atoms with Crippen molar-refractivity contribution in [1.82, 2.24) is 19.9 Å². The Morgan fingerprint density at radius 1 is 0.535 bits per heavy atom. The summed E-state index contributed by atoms with van der Waals surface area (Å²) in [4.78, 5) is 57.1. The predicted molar refractivity (Wildman–Crippen MR) is 301 cm³/mol. The number of H-pyrrole nitrogens is 1. The van der Waals surface area contributed by atoms with Crippen molar-refractivity contribution in [2.45, 2.75) is 29.4 Å². The lowest BCUT2D eigenvalue weighted by molar-refractivity contribution is -0.432. The fourth-order valence-corrected chi connectivity index (χ4v) is 12.1. The summed E-state index contributed by atoms with van der Waals surface area (Å²) in [5, 5.41) is 57.4. The number of aromatic amines is 1. The Balaban J connectivity index is 1.20. The fourth-order valence-electron chi connectivity index (χ4n) is 8.84. The number of fused-ring (bicyclic) bond motifs is 2. The number of nitrogens with zero attached hydrogens (tertiary/aromatic N) is 3. The molecule has 0 aliphatic heterocycles. The topological polar surface area (TPSA) is 450 Å². The highest BCUT2D eigenvalue weighted by molar-refractivity contribution is 7.95. The monoisotopic (exact) mass is 1290 g/mol. The first-order chi connectivity index (χ1) is 41.0. The molecule has 36 heteroatoms. The van der Waals surface area contributed by atoms with Gasteiger partial charge in [-0.3, -0.25) is 28.0 Å². The number of anilines is 6. The highest BCUT2D eigenvalue weighted by Gasteiger charge is 2.36. The number of pyridine rings is 1. The number of carbonyl (C=O) groups excluding carboxylic acids is 2. The van der Waals surface area contributed by atoms with Gasteiger partial charge < -0.3 is 30.8 Å². The second kappa shape index (κ2) is 24.9. The minimum atomic E-state index is -5.33. The largest absolute Gasteiger partial charge is 0.479 e. The van der Waals surface area contributed by atoms with Crippen molar-refractivity contribution in [3.63, 3.8) is 0 Å². The number of hydrogen-bond donors (Lipinski definition) is 11. The summed E-state index contributed by atoms with van der Waals surface area (Å²) in [5.74, 6) is -3.35.